The third kappa shape index (κ3) is 3.46. The molecule has 0 bridgehead atoms. The van der Waals surface area contributed by atoms with E-state index < -0.39 is 9.84 Å². The van der Waals surface area contributed by atoms with E-state index in [0.717, 1.165) is 0 Å². The van der Waals surface area contributed by atoms with Crippen LogP contribution >= 0.6 is 0 Å². The number of carbonyl (C=O) groups excluding carboxylic acids is 1. The Morgan fingerprint density at radius 3 is 2.65 bits per heavy atom. The topological polar surface area (TPSA) is 75.3 Å². The van der Waals surface area contributed by atoms with Crippen molar-refractivity contribution in [1.82, 2.24) is 10.9 Å². The van der Waals surface area contributed by atoms with Crippen LogP contribution in [0.15, 0.2) is 35.2 Å². The number of hydrazine groups is 1. The van der Waals surface area contributed by atoms with Gasteiger partial charge < -0.3 is 0 Å². The summed E-state index contributed by atoms with van der Waals surface area (Å²) in [4.78, 5) is 11.5. The van der Waals surface area contributed by atoms with E-state index in [2.05, 4.69) is 10.9 Å². The van der Waals surface area contributed by atoms with E-state index in [1.165, 1.54) is 6.26 Å². The van der Waals surface area contributed by atoms with E-state index in [4.69, 9.17) is 0 Å². The molecule has 0 aliphatic carbocycles. The summed E-state index contributed by atoms with van der Waals surface area (Å²) in [5.41, 5.74) is 6.15. The highest BCUT2D eigenvalue weighted by atomic mass is 32.2. The first-order valence-electron chi connectivity index (χ1n) is 6.39. The Balaban J connectivity index is 2.22. The lowest BCUT2D eigenvalue weighted by Gasteiger charge is -2.27. The van der Waals surface area contributed by atoms with Gasteiger partial charge in [0.25, 0.3) is 0 Å². The number of hydrogen-bond donors (Lipinski definition) is 2. The van der Waals surface area contributed by atoms with Gasteiger partial charge in [0.2, 0.25) is 5.91 Å². The molecule has 1 heterocycles. The Morgan fingerprint density at radius 1 is 1.30 bits per heavy atom. The fourth-order valence-corrected chi connectivity index (χ4v) is 3.07. The molecule has 1 fully saturated rings. The Hall–Kier alpha value is -1.66. The largest absolute Gasteiger partial charge is 0.291 e. The number of rotatable bonds is 3. The summed E-state index contributed by atoms with van der Waals surface area (Å²) >= 11 is 0. The Labute approximate surface area is 119 Å². The minimum atomic E-state index is -3.25. The standard InChI is InChI=1S/C14H18N2O3S/c1-10-9-14(17)16-15-12(10)8-7-11-5-3-4-6-13(11)20(2,18)19/h3-8,10,12,15H,9H2,1-2H3,(H,16,17)/b8-7+. The molecule has 20 heavy (non-hydrogen) atoms. The number of nitrogens with one attached hydrogen (secondary N) is 2. The third-order valence-electron chi connectivity index (χ3n) is 3.30. The summed E-state index contributed by atoms with van der Waals surface area (Å²) in [6.07, 6.45) is 5.31. The number of benzene rings is 1. The van der Waals surface area contributed by atoms with Crippen LogP contribution in [-0.2, 0) is 14.6 Å². The molecular formula is C14H18N2O3S. The van der Waals surface area contributed by atoms with Crippen LogP contribution in [0.4, 0.5) is 0 Å². The lowest BCUT2D eigenvalue weighted by molar-refractivity contribution is -0.125. The molecule has 1 aliphatic rings. The molecule has 6 heteroatoms. The fraction of sp³-hybridized carbons (Fsp3) is 0.357. The predicted octanol–water partition coefficient (Wildman–Crippen LogP) is 1.13. The van der Waals surface area contributed by atoms with Crippen LogP contribution < -0.4 is 10.9 Å². The molecule has 1 aliphatic heterocycles. The van der Waals surface area contributed by atoms with Crippen LogP contribution in [0, 0.1) is 5.92 Å². The van der Waals surface area contributed by atoms with Gasteiger partial charge in [-0.05, 0) is 17.5 Å². The average molecular weight is 294 g/mol. The van der Waals surface area contributed by atoms with Crippen molar-refractivity contribution in [3.05, 3.63) is 35.9 Å². The molecule has 0 saturated carbocycles. The summed E-state index contributed by atoms with van der Waals surface area (Å²) in [5, 5.41) is 0. The second kappa shape index (κ2) is 5.76. The van der Waals surface area contributed by atoms with Gasteiger partial charge in [-0.3, -0.25) is 10.2 Å². The summed E-state index contributed by atoms with van der Waals surface area (Å²) in [6, 6.07) is 6.84. The molecule has 2 rings (SSSR count). The van der Waals surface area contributed by atoms with Gasteiger partial charge in [0, 0.05) is 18.7 Å². The van der Waals surface area contributed by atoms with Gasteiger partial charge in [0.1, 0.15) is 0 Å². The van der Waals surface area contributed by atoms with Crippen LogP contribution in [-0.4, -0.2) is 26.6 Å². The molecule has 2 N–H and O–H groups in total. The molecule has 1 aromatic rings. The number of carbonyl (C=O) groups is 1. The maximum Gasteiger partial charge on any atom is 0.234 e. The molecule has 1 saturated heterocycles. The summed E-state index contributed by atoms with van der Waals surface area (Å²) < 4.78 is 23.4. The average Bonchev–Trinajstić information content (AvgIpc) is 2.37. The van der Waals surface area contributed by atoms with Gasteiger partial charge >= 0.3 is 0 Å². The SMILES string of the molecule is CC1CC(=O)NNC1/C=C/c1ccccc1S(C)(=O)=O. The van der Waals surface area contributed by atoms with E-state index in [-0.39, 0.29) is 17.9 Å². The molecule has 2 atom stereocenters. The highest BCUT2D eigenvalue weighted by Gasteiger charge is 2.23. The second-order valence-electron chi connectivity index (χ2n) is 5.07. The van der Waals surface area contributed by atoms with E-state index in [0.29, 0.717) is 16.9 Å². The monoisotopic (exact) mass is 294 g/mol. The normalized spacial score (nSPS) is 23.8. The third-order valence-corrected chi connectivity index (χ3v) is 4.47. The van der Waals surface area contributed by atoms with Crippen molar-refractivity contribution < 1.29 is 13.2 Å². The predicted molar refractivity (Wildman–Crippen MR) is 77.4 cm³/mol. The first-order valence-corrected chi connectivity index (χ1v) is 8.29. The summed E-state index contributed by atoms with van der Waals surface area (Å²) in [6.45, 7) is 1.98. The van der Waals surface area contributed by atoms with Crippen molar-refractivity contribution in [3.8, 4) is 0 Å². The first kappa shape index (κ1) is 14.7. The highest BCUT2D eigenvalue weighted by molar-refractivity contribution is 7.90. The number of amides is 1. The second-order valence-corrected chi connectivity index (χ2v) is 7.05. The maximum absolute atomic E-state index is 11.7. The number of hydrogen-bond acceptors (Lipinski definition) is 4. The molecule has 1 amide bonds. The smallest absolute Gasteiger partial charge is 0.234 e. The Morgan fingerprint density at radius 2 is 2.00 bits per heavy atom. The van der Waals surface area contributed by atoms with Crippen LogP contribution in [0.1, 0.15) is 18.9 Å². The van der Waals surface area contributed by atoms with E-state index in [1.54, 1.807) is 30.3 Å². The number of sulfone groups is 1. The Kier molecular flexibility index (Phi) is 4.25. The molecule has 0 aromatic heterocycles. The van der Waals surface area contributed by atoms with E-state index >= 15 is 0 Å². The minimum Gasteiger partial charge on any atom is -0.291 e. The summed E-state index contributed by atoms with van der Waals surface area (Å²) in [7, 11) is -3.25. The molecule has 1 aromatic carbocycles. The molecular weight excluding hydrogens is 276 g/mol. The highest BCUT2D eigenvalue weighted by Crippen LogP contribution is 2.19. The van der Waals surface area contributed by atoms with Crippen LogP contribution in [0.5, 0.6) is 0 Å². The quantitative estimate of drug-likeness (QED) is 0.876. The van der Waals surface area contributed by atoms with Crippen molar-refractivity contribution in [2.75, 3.05) is 6.26 Å². The van der Waals surface area contributed by atoms with Crippen molar-refractivity contribution in [1.29, 1.82) is 0 Å². The lowest BCUT2D eigenvalue weighted by Crippen LogP contribution is -2.52. The van der Waals surface area contributed by atoms with Gasteiger partial charge in [0.05, 0.1) is 4.90 Å². The van der Waals surface area contributed by atoms with Crippen molar-refractivity contribution in [2.24, 2.45) is 5.92 Å². The first-order chi connectivity index (χ1) is 9.38. The zero-order chi connectivity index (χ0) is 14.8. The van der Waals surface area contributed by atoms with Crippen molar-refractivity contribution in [3.63, 3.8) is 0 Å². The van der Waals surface area contributed by atoms with E-state index in [1.807, 2.05) is 13.0 Å². The van der Waals surface area contributed by atoms with Crippen molar-refractivity contribution >= 4 is 21.8 Å². The zero-order valence-corrected chi connectivity index (χ0v) is 12.3. The van der Waals surface area contributed by atoms with Crippen molar-refractivity contribution in [2.45, 2.75) is 24.3 Å². The van der Waals surface area contributed by atoms with Crippen LogP contribution in [0.25, 0.3) is 6.08 Å². The lowest BCUT2D eigenvalue weighted by atomic mass is 9.96. The summed E-state index contributed by atoms with van der Waals surface area (Å²) in [5.74, 6) is 0.129. The van der Waals surface area contributed by atoms with Gasteiger partial charge in [-0.1, -0.05) is 37.3 Å². The minimum absolute atomic E-state index is 0.0136. The van der Waals surface area contributed by atoms with Crippen LogP contribution in [0.3, 0.4) is 0 Å². The Bertz CT molecular complexity index is 638. The van der Waals surface area contributed by atoms with E-state index in [9.17, 15) is 13.2 Å². The molecule has 5 nitrogen and oxygen atoms in total. The van der Waals surface area contributed by atoms with Crippen LogP contribution in [0.2, 0.25) is 0 Å². The fourth-order valence-electron chi connectivity index (χ4n) is 2.18. The zero-order valence-electron chi connectivity index (χ0n) is 11.5. The van der Waals surface area contributed by atoms with Gasteiger partial charge in [-0.25, -0.2) is 13.8 Å². The molecule has 0 radical (unpaired) electrons. The molecule has 108 valence electrons. The molecule has 2 unspecified atom stereocenters. The van der Waals surface area contributed by atoms with Gasteiger partial charge in [-0.2, -0.15) is 0 Å². The van der Waals surface area contributed by atoms with Gasteiger partial charge in [0.15, 0.2) is 9.84 Å². The van der Waals surface area contributed by atoms with Gasteiger partial charge in [-0.15, -0.1) is 0 Å². The molecule has 0 spiro atoms. The maximum atomic E-state index is 11.7.